The first-order valence-corrected chi connectivity index (χ1v) is 8.40. The maximum atomic E-state index is 12.4. The maximum Gasteiger partial charge on any atom is 0.263 e. The Balaban J connectivity index is 1.65. The number of nitrogens with one attached hydrogen (secondary N) is 1. The van der Waals surface area contributed by atoms with E-state index in [0.29, 0.717) is 6.04 Å². The lowest BCUT2D eigenvalue weighted by Gasteiger charge is -2.22. The summed E-state index contributed by atoms with van der Waals surface area (Å²) in [5, 5.41) is 5.08. The lowest BCUT2D eigenvalue weighted by atomic mass is 10.2. The molecule has 1 aliphatic rings. The average Bonchev–Trinajstić information content (AvgIpc) is 3.23. The van der Waals surface area contributed by atoms with Gasteiger partial charge in [-0.05, 0) is 49.5 Å². The first-order valence-electron chi connectivity index (χ1n) is 7.52. The van der Waals surface area contributed by atoms with Crippen LogP contribution in [0.4, 0.5) is 0 Å². The van der Waals surface area contributed by atoms with Gasteiger partial charge in [0.05, 0.1) is 5.69 Å². The minimum Gasteiger partial charge on any atom is -0.350 e. The first-order chi connectivity index (χ1) is 10.3. The minimum atomic E-state index is 0.0386. The van der Waals surface area contributed by atoms with Gasteiger partial charge in [-0.2, -0.15) is 0 Å². The van der Waals surface area contributed by atoms with E-state index >= 15 is 0 Å². The molecule has 2 aromatic heterocycles. The molecule has 0 spiro atoms. The van der Waals surface area contributed by atoms with Crippen molar-refractivity contribution < 1.29 is 4.79 Å². The van der Waals surface area contributed by atoms with Gasteiger partial charge < -0.3 is 9.88 Å². The van der Waals surface area contributed by atoms with Gasteiger partial charge >= 0.3 is 0 Å². The van der Waals surface area contributed by atoms with E-state index in [2.05, 4.69) is 17.1 Å². The fourth-order valence-corrected chi connectivity index (χ4v) is 3.81. The molecule has 1 fully saturated rings. The van der Waals surface area contributed by atoms with Crippen LogP contribution < -0.4 is 5.32 Å². The van der Waals surface area contributed by atoms with Crippen LogP contribution in [0.5, 0.6) is 0 Å². The molecule has 2 aromatic rings. The van der Waals surface area contributed by atoms with E-state index in [-0.39, 0.29) is 5.91 Å². The van der Waals surface area contributed by atoms with Crippen LogP contribution in [0.2, 0.25) is 0 Å². The number of carbonyl (C=O) groups excluding carboxylic acids is 1. The zero-order valence-corrected chi connectivity index (χ0v) is 13.1. The Hall–Kier alpha value is -1.59. The molecular formula is C16H21N3OS. The monoisotopic (exact) mass is 303 g/mol. The van der Waals surface area contributed by atoms with Gasteiger partial charge in [0.1, 0.15) is 4.88 Å². The molecule has 1 amide bonds. The van der Waals surface area contributed by atoms with Crippen molar-refractivity contribution in [1.82, 2.24) is 14.8 Å². The molecule has 3 rings (SSSR count). The molecule has 0 radical (unpaired) electrons. The summed E-state index contributed by atoms with van der Waals surface area (Å²) in [6, 6.07) is 6.43. The predicted molar refractivity (Wildman–Crippen MR) is 86.2 cm³/mol. The molecule has 0 aliphatic carbocycles. The Morgan fingerprint density at radius 1 is 1.43 bits per heavy atom. The van der Waals surface area contributed by atoms with E-state index in [1.807, 2.05) is 40.5 Å². The topological polar surface area (TPSA) is 37.3 Å². The van der Waals surface area contributed by atoms with Crippen molar-refractivity contribution in [2.45, 2.75) is 25.8 Å². The Labute approximate surface area is 129 Å². The summed E-state index contributed by atoms with van der Waals surface area (Å²) >= 11 is 1.50. The van der Waals surface area contributed by atoms with E-state index < -0.39 is 0 Å². The molecule has 4 nitrogen and oxygen atoms in total. The van der Waals surface area contributed by atoms with Crippen molar-refractivity contribution in [2.75, 3.05) is 19.6 Å². The van der Waals surface area contributed by atoms with Crippen LogP contribution in [0.3, 0.4) is 0 Å². The largest absolute Gasteiger partial charge is 0.350 e. The lowest BCUT2D eigenvalue weighted by Crippen LogP contribution is -2.40. The zero-order valence-electron chi connectivity index (χ0n) is 12.3. The number of aromatic nitrogens is 1. The van der Waals surface area contributed by atoms with E-state index in [0.717, 1.165) is 30.2 Å². The quantitative estimate of drug-likeness (QED) is 0.922. The summed E-state index contributed by atoms with van der Waals surface area (Å²) in [6.07, 6.45) is 6.36. The number of nitrogens with zero attached hydrogens (tertiary/aromatic N) is 2. The summed E-state index contributed by atoms with van der Waals surface area (Å²) in [4.78, 5) is 15.7. The average molecular weight is 303 g/mol. The highest BCUT2D eigenvalue weighted by molar-refractivity contribution is 7.12. The molecule has 112 valence electrons. The first kappa shape index (κ1) is 14.4. The van der Waals surface area contributed by atoms with Crippen molar-refractivity contribution >= 4 is 17.2 Å². The second-order valence-corrected chi connectivity index (χ2v) is 6.28. The number of likely N-dealkylation sites (N-methyl/N-ethyl adjacent to an activating group) is 1. The zero-order chi connectivity index (χ0) is 14.7. The summed E-state index contributed by atoms with van der Waals surface area (Å²) < 4.78 is 1.99. The summed E-state index contributed by atoms with van der Waals surface area (Å²) in [6.45, 7) is 5.15. The molecule has 1 aliphatic heterocycles. The second kappa shape index (κ2) is 6.45. The molecule has 0 bridgehead atoms. The lowest BCUT2D eigenvalue weighted by molar-refractivity contribution is 0.0945. The summed E-state index contributed by atoms with van der Waals surface area (Å²) in [5.41, 5.74) is 0.960. The smallest absolute Gasteiger partial charge is 0.263 e. The number of hydrogen-bond donors (Lipinski definition) is 1. The van der Waals surface area contributed by atoms with Crippen molar-refractivity contribution in [3.63, 3.8) is 0 Å². The number of amides is 1. The minimum absolute atomic E-state index is 0.0386. The molecule has 1 atom stereocenters. The second-order valence-electron chi connectivity index (χ2n) is 5.36. The Morgan fingerprint density at radius 3 is 3.00 bits per heavy atom. The molecule has 3 heterocycles. The van der Waals surface area contributed by atoms with Crippen molar-refractivity contribution in [3.05, 3.63) is 40.8 Å². The highest BCUT2D eigenvalue weighted by Gasteiger charge is 2.24. The molecule has 0 aromatic carbocycles. The summed E-state index contributed by atoms with van der Waals surface area (Å²) in [5.74, 6) is 0.0386. The molecule has 5 heteroatoms. The normalized spacial score (nSPS) is 19.0. The Kier molecular flexibility index (Phi) is 4.41. The Bertz CT molecular complexity index is 590. The molecule has 1 saturated heterocycles. The molecule has 0 saturated carbocycles. The number of rotatable bonds is 5. The number of carbonyl (C=O) groups is 1. The van der Waals surface area contributed by atoms with Crippen LogP contribution in [-0.2, 0) is 0 Å². The van der Waals surface area contributed by atoms with E-state index in [9.17, 15) is 4.79 Å². The van der Waals surface area contributed by atoms with Crippen LogP contribution >= 0.6 is 11.3 Å². The molecule has 21 heavy (non-hydrogen) atoms. The van der Waals surface area contributed by atoms with Gasteiger partial charge in [0.25, 0.3) is 5.91 Å². The number of hydrogen-bond acceptors (Lipinski definition) is 3. The van der Waals surface area contributed by atoms with Gasteiger partial charge in [0.2, 0.25) is 0 Å². The van der Waals surface area contributed by atoms with Crippen LogP contribution in [0.1, 0.15) is 29.4 Å². The van der Waals surface area contributed by atoms with Crippen LogP contribution in [0.15, 0.2) is 36.0 Å². The van der Waals surface area contributed by atoms with E-state index in [1.165, 1.54) is 24.2 Å². The fraction of sp³-hybridized carbons (Fsp3) is 0.438. The van der Waals surface area contributed by atoms with Gasteiger partial charge in [0, 0.05) is 25.0 Å². The van der Waals surface area contributed by atoms with Gasteiger partial charge in [-0.15, -0.1) is 11.3 Å². The van der Waals surface area contributed by atoms with Gasteiger partial charge in [0.15, 0.2) is 0 Å². The Morgan fingerprint density at radius 2 is 2.24 bits per heavy atom. The summed E-state index contributed by atoms with van der Waals surface area (Å²) in [7, 11) is 0. The van der Waals surface area contributed by atoms with Crippen molar-refractivity contribution in [3.8, 4) is 5.69 Å². The highest BCUT2D eigenvalue weighted by Crippen LogP contribution is 2.21. The molecular weight excluding hydrogens is 282 g/mol. The number of thiophene rings is 1. The maximum absolute atomic E-state index is 12.4. The molecule has 1 N–H and O–H groups in total. The van der Waals surface area contributed by atoms with E-state index in [1.54, 1.807) is 0 Å². The van der Waals surface area contributed by atoms with Gasteiger partial charge in [-0.3, -0.25) is 9.69 Å². The third-order valence-electron chi connectivity index (χ3n) is 4.14. The fourth-order valence-electron chi connectivity index (χ4n) is 3.00. The number of likely N-dealkylation sites (tertiary alicyclic amines) is 1. The van der Waals surface area contributed by atoms with Crippen molar-refractivity contribution in [1.29, 1.82) is 0 Å². The SMILES string of the molecule is CCN1CCCC1CNC(=O)c1sccc1-n1cccc1. The predicted octanol–water partition coefficient (Wildman–Crippen LogP) is 2.75. The van der Waals surface area contributed by atoms with Crippen LogP contribution in [0.25, 0.3) is 5.69 Å². The molecule has 1 unspecified atom stereocenters. The van der Waals surface area contributed by atoms with Crippen LogP contribution in [-0.4, -0.2) is 41.1 Å². The standard InChI is InChI=1S/C16H21N3OS/c1-2-18-10-5-6-13(18)12-17-16(20)15-14(7-11-21-15)19-8-3-4-9-19/h3-4,7-9,11,13H,2,5-6,10,12H2,1H3,(H,17,20). The highest BCUT2D eigenvalue weighted by atomic mass is 32.1. The third kappa shape index (κ3) is 3.04. The van der Waals surface area contributed by atoms with Gasteiger partial charge in [-0.25, -0.2) is 0 Å². The van der Waals surface area contributed by atoms with Gasteiger partial charge in [-0.1, -0.05) is 6.92 Å². The van der Waals surface area contributed by atoms with Crippen molar-refractivity contribution in [2.24, 2.45) is 0 Å². The third-order valence-corrected chi connectivity index (χ3v) is 5.04. The van der Waals surface area contributed by atoms with E-state index in [4.69, 9.17) is 0 Å². The van der Waals surface area contributed by atoms with Crippen LogP contribution in [0, 0.1) is 0 Å².